The van der Waals surface area contributed by atoms with E-state index in [0.29, 0.717) is 18.7 Å². The average Bonchev–Trinajstić information content (AvgIpc) is 3.18. The van der Waals surface area contributed by atoms with Gasteiger partial charge in [0.1, 0.15) is 5.69 Å². The van der Waals surface area contributed by atoms with E-state index in [1.54, 1.807) is 17.9 Å². The lowest BCUT2D eigenvalue weighted by atomic mass is 10.1. The third-order valence-corrected chi connectivity index (χ3v) is 4.49. The molecule has 24 heavy (non-hydrogen) atoms. The second kappa shape index (κ2) is 7.05. The van der Waals surface area contributed by atoms with Gasteiger partial charge in [0, 0.05) is 23.5 Å². The SMILES string of the molecule is CC(O)CC1CCCN1C(=O)CNC(=O)c1cc2ccccc2[nH]1. The lowest BCUT2D eigenvalue weighted by molar-refractivity contribution is -0.131. The molecular formula is C18H23N3O3. The van der Waals surface area contributed by atoms with Crippen LogP contribution in [0.3, 0.4) is 0 Å². The zero-order valence-corrected chi connectivity index (χ0v) is 13.8. The molecule has 1 aliphatic rings. The molecule has 1 aromatic heterocycles. The van der Waals surface area contributed by atoms with Crippen molar-refractivity contribution in [1.82, 2.24) is 15.2 Å². The summed E-state index contributed by atoms with van der Waals surface area (Å²) in [5.74, 6) is -0.381. The number of aromatic nitrogens is 1. The fraction of sp³-hybridized carbons (Fsp3) is 0.444. The number of aliphatic hydroxyl groups is 1. The van der Waals surface area contributed by atoms with Gasteiger partial charge in [0.2, 0.25) is 5.91 Å². The van der Waals surface area contributed by atoms with Crippen LogP contribution in [0.15, 0.2) is 30.3 Å². The Hall–Kier alpha value is -2.34. The summed E-state index contributed by atoms with van der Waals surface area (Å²) in [6.07, 6.45) is 2.01. The lowest BCUT2D eigenvalue weighted by Gasteiger charge is -2.25. The van der Waals surface area contributed by atoms with E-state index in [9.17, 15) is 14.7 Å². The molecule has 3 rings (SSSR count). The molecule has 6 heteroatoms. The van der Waals surface area contributed by atoms with Crippen molar-refractivity contribution in [2.24, 2.45) is 0 Å². The molecule has 6 nitrogen and oxygen atoms in total. The quantitative estimate of drug-likeness (QED) is 0.780. The summed E-state index contributed by atoms with van der Waals surface area (Å²) in [6.45, 7) is 2.40. The van der Waals surface area contributed by atoms with Crippen molar-refractivity contribution in [2.45, 2.75) is 38.3 Å². The number of benzene rings is 1. The first-order chi connectivity index (χ1) is 11.5. The molecule has 0 spiro atoms. The molecule has 1 saturated heterocycles. The van der Waals surface area contributed by atoms with E-state index in [1.165, 1.54) is 0 Å². The number of carbonyl (C=O) groups is 2. The minimum absolute atomic E-state index is 0.0233. The van der Waals surface area contributed by atoms with Crippen LogP contribution >= 0.6 is 0 Å². The van der Waals surface area contributed by atoms with Crippen LogP contribution in [0.4, 0.5) is 0 Å². The number of fused-ring (bicyclic) bond motifs is 1. The molecule has 2 atom stereocenters. The van der Waals surface area contributed by atoms with E-state index in [4.69, 9.17) is 0 Å². The van der Waals surface area contributed by atoms with Crippen molar-refractivity contribution in [3.8, 4) is 0 Å². The molecule has 1 aliphatic heterocycles. The summed E-state index contributed by atoms with van der Waals surface area (Å²) in [7, 11) is 0. The zero-order chi connectivity index (χ0) is 17.1. The van der Waals surface area contributed by atoms with Gasteiger partial charge in [-0.15, -0.1) is 0 Å². The Balaban J connectivity index is 1.58. The summed E-state index contributed by atoms with van der Waals surface area (Å²) in [5.41, 5.74) is 1.34. The van der Waals surface area contributed by atoms with Crippen LogP contribution in [0.25, 0.3) is 10.9 Å². The Kier molecular flexibility index (Phi) is 4.85. The van der Waals surface area contributed by atoms with E-state index in [2.05, 4.69) is 10.3 Å². The molecule has 1 aromatic carbocycles. The third-order valence-electron chi connectivity index (χ3n) is 4.49. The van der Waals surface area contributed by atoms with Crippen LogP contribution in [-0.2, 0) is 4.79 Å². The molecule has 1 fully saturated rings. The molecule has 2 unspecified atom stereocenters. The van der Waals surface area contributed by atoms with Gasteiger partial charge in [-0.25, -0.2) is 0 Å². The van der Waals surface area contributed by atoms with Crippen molar-refractivity contribution in [1.29, 1.82) is 0 Å². The Morgan fingerprint density at radius 1 is 1.42 bits per heavy atom. The molecule has 128 valence electrons. The van der Waals surface area contributed by atoms with Gasteiger partial charge in [-0.3, -0.25) is 9.59 Å². The highest BCUT2D eigenvalue weighted by Gasteiger charge is 2.29. The van der Waals surface area contributed by atoms with E-state index in [0.717, 1.165) is 23.7 Å². The fourth-order valence-corrected chi connectivity index (χ4v) is 3.35. The van der Waals surface area contributed by atoms with Gasteiger partial charge in [0.25, 0.3) is 5.91 Å². The second-order valence-corrected chi connectivity index (χ2v) is 6.42. The monoisotopic (exact) mass is 329 g/mol. The highest BCUT2D eigenvalue weighted by Crippen LogP contribution is 2.21. The number of para-hydroxylation sites is 1. The van der Waals surface area contributed by atoms with Crippen molar-refractivity contribution in [3.05, 3.63) is 36.0 Å². The van der Waals surface area contributed by atoms with Crippen LogP contribution in [-0.4, -0.2) is 52.0 Å². The number of likely N-dealkylation sites (tertiary alicyclic amines) is 1. The van der Waals surface area contributed by atoms with Crippen molar-refractivity contribution < 1.29 is 14.7 Å². The van der Waals surface area contributed by atoms with Crippen molar-refractivity contribution in [3.63, 3.8) is 0 Å². The van der Waals surface area contributed by atoms with E-state index < -0.39 is 6.10 Å². The number of aliphatic hydroxyl groups excluding tert-OH is 1. The van der Waals surface area contributed by atoms with E-state index >= 15 is 0 Å². The smallest absolute Gasteiger partial charge is 0.268 e. The van der Waals surface area contributed by atoms with Crippen LogP contribution in [0.1, 0.15) is 36.7 Å². The van der Waals surface area contributed by atoms with E-state index in [-0.39, 0.29) is 24.4 Å². The number of H-pyrrole nitrogens is 1. The molecule has 0 aliphatic carbocycles. The van der Waals surface area contributed by atoms with Crippen LogP contribution in [0.2, 0.25) is 0 Å². The first-order valence-electron chi connectivity index (χ1n) is 8.38. The summed E-state index contributed by atoms with van der Waals surface area (Å²) < 4.78 is 0. The number of carbonyl (C=O) groups excluding carboxylic acids is 2. The highest BCUT2D eigenvalue weighted by atomic mass is 16.3. The van der Waals surface area contributed by atoms with Crippen LogP contribution in [0.5, 0.6) is 0 Å². The highest BCUT2D eigenvalue weighted by molar-refractivity contribution is 5.99. The first kappa shape index (κ1) is 16.5. The zero-order valence-electron chi connectivity index (χ0n) is 13.8. The molecule has 2 aromatic rings. The largest absolute Gasteiger partial charge is 0.393 e. The normalized spacial score (nSPS) is 18.8. The van der Waals surface area contributed by atoms with Gasteiger partial charge in [-0.1, -0.05) is 18.2 Å². The molecule has 3 N–H and O–H groups in total. The Morgan fingerprint density at radius 3 is 2.96 bits per heavy atom. The fourth-order valence-electron chi connectivity index (χ4n) is 3.35. The summed E-state index contributed by atoms with van der Waals surface area (Å²) in [4.78, 5) is 29.4. The predicted octanol–water partition coefficient (Wildman–Crippen LogP) is 1.66. The summed E-state index contributed by atoms with van der Waals surface area (Å²) in [6, 6.07) is 9.50. The number of nitrogens with zero attached hydrogens (tertiary/aromatic N) is 1. The topological polar surface area (TPSA) is 85.4 Å². The maximum Gasteiger partial charge on any atom is 0.268 e. The molecule has 0 radical (unpaired) electrons. The number of hydrogen-bond acceptors (Lipinski definition) is 3. The molecule has 2 amide bonds. The summed E-state index contributed by atoms with van der Waals surface area (Å²) >= 11 is 0. The molecule has 0 saturated carbocycles. The van der Waals surface area contributed by atoms with Crippen LogP contribution in [0, 0.1) is 0 Å². The molecular weight excluding hydrogens is 306 g/mol. The number of amides is 2. The van der Waals surface area contributed by atoms with Gasteiger partial charge in [-0.05, 0) is 38.3 Å². The number of hydrogen-bond donors (Lipinski definition) is 3. The Morgan fingerprint density at radius 2 is 2.21 bits per heavy atom. The van der Waals surface area contributed by atoms with Crippen molar-refractivity contribution in [2.75, 3.05) is 13.1 Å². The molecule has 2 heterocycles. The maximum atomic E-state index is 12.4. The minimum Gasteiger partial charge on any atom is -0.393 e. The third kappa shape index (κ3) is 3.59. The van der Waals surface area contributed by atoms with E-state index in [1.807, 2.05) is 24.3 Å². The average molecular weight is 329 g/mol. The van der Waals surface area contributed by atoms with Gasteiger partial charge >= 0.3 is 0 Å². The van der Waals surface area contributed by atoms with Gasteiger partial charge in [-0.2, -0.15) is 0 Å². The predicted molar refractivity (Wildman–Crippen MR) is 91.7 cm³/mol. The maximum absolute atomic E-state index is 12.4. The van der Waals surface area contributed by atoms with Gasteiger partial charge in [0.15, 0.2) is 0 Å². The summed E-state index contributed by atoms with van der Waals surface area (Å²) in [5, 5.41) is 13.2. The van der Waals surface area contributed by atoms with Gasteiger partial charge in [0.05, 0.1) is 12.6 Å². The van der Waals surface area contributed by atoms with Crippen molar-refractivity contribution >= 4 is 22.7 Å². The number of rotatable bonds is 5. The van der Waals surface area contributed by atoms with Crippen LogP contribution < -0.4 is 5.32 Å². The van der Waals surface area contributed by atoms with Gasteiger partial charge < -0.3 is 20.3 Å². The Labute approximate surface area is 140 Å². The molecule has 0 bridgehead atoms. The number of nitrogens with one attached hydrogen (secondary N) is 2. The first-order valence-corrected chi connectivity index (χ1v) is 8.38. The second-order valence-electron chi connectivity index (χ2n) is 6.42. The Bertz CT molecular complexity index is 705. The standard InChI is InChI=1S/C18H23N3O3/c1-12(22)9-14-6-4-8-21(14)17(23)11-19-18(24)16-10-13-5-2-3-7-15(13)20-16/h2-3,5,7,10,12,14,20,22H,4,6,8-9,11H2,1H3,(H,19,24). The minimum atomic E-state index is -0.427. The lowest BCUT2D eigenvalue weighted by Crippen LogP contribution is -2.43. The number of aromatic amines is 1.